The predicted octanol–water partition coefficient (Wildman–Crippen LogP) is 27.2. The minimum atomic E-state index is -4.97. The van der Waals surface area contributed by atoms with Crippen LogP contribution in [-0.2, 0) is 65.4 Å². The zero-order chi connectivity index (χ0) is 78.3. The third-order valence-corrected chi connectivity index (χ3v) is 23.0. The first-order chi connectivity index (χ1) is 52.1. The Kier molecular flexibility index (Phi) is 79.2. The van der Waals surface area contributed by atoms with E-state index in [2.05, 4.69) is 34.6 Å². The second-order valence-corrected chi connectivity index (χ2v) is 34.8. The molecule has 0 fully saturated rings. The largest absolute Gasteiger partial charge is 0.472 e. The highest BCUT2D eigenvalue weighted by Gasteiger charge is 2.30. The molecule has 0 saturated heterocycles. The Morgan fingerprint density at radius 2 is 0.449 bits per heavy atom. The molecule has 0 radical (unpaired) electrons. The molecule has 0 spiro atoms. The Bertz CT molecular complexity index is 2030. The zero-order valence-corrected chi connectivity index (χ0v) is 72.1. The summed E-state index contributed by atoms with van der Waals surface area (Å²) in [6.45, 7) is 7.34. The number of hydrogen-bond acceptors (Lipinski definition) is 15. The SMILES string of the molecule is CCCCCCCCCCCCCCCCCCCCCCC(=O)O[C@H](COC(=O)CCCCCCCCCCCCCCCCCCCCC)COP(=O)(O)OC[C@@H](O)COP(=O)(O)OC[C@@H](COC(=O)CCCCCCCCC(C)CC)OC(=O)CCCCCCCCCCCCCCCCCCCC. The first-order valence-corrected chi connectivity index (χ1v) is 48.7. The minimum Gasteiger partial charge on any atom is -0.462 e. The van der Waals surface area contributed by atoms with Gasteiger partial charge in [-0.25, -0.2) is 9.13 Å². The van der Waals surface area contributed by atoms with E-state index >= 15 is 0 Å². The lowest BCUT2D eigenvalue weighted by Gasteiger charge is -2.21. The zero-order valence-electron chi connectivity index (χ0n) is 70.3. The van der Waals surface area contributed by atoms with Gasteiger partial charge >= 0.3 is 39.5 Å². The monoisotopic (exact) mass is 1560 g/mol. The van der Waals surface area contributed by atoms with Gasteiger partial charge in [-0.15, -0.1) is 0 Å². The standard InChI is InChI=1S/C88H172O17P2/c1-6-10-13-16-19-22-25-28-31-34-37-39-42-45-48-51-54-57-64-68-73-87(92)104-83(77-98-85(90)71-66-61-55-52-49-46-43-41-38-35-32-29-26-23-20-17-14-11-7-2)79-102-106(94,95)100-75-82(89)76-101-107(96,97)103-80-84(78-99-86(91)72-67-62-59-58-60-65-70-81(5)9-4)105-88(93)74-69-63-56-53-50-47-44-40-36-33-30-27-24-21-18-15-12-8-3/h81-84,89H,6-80H2,1-5H3,(H,94,95)(H,96,97)/t81?,82-,83-,84-/m1/s1. The molecular formula is C88H172O17P2. The van der Waals surface area contributed by atoms with Crippen molar-refractivity contribution in [3.05, 3.63) is 0 Å². The maximum atomic E-state index is 13.2. The molecule has 0 rings (SSSR count). The fourth-order valence-corrected chi connectivity index (χ4v) is 15.4. The third kappa shape index (κ3) is 80.5. The van der Waals surface area contributed by atoms with Crippen molar-refractivity contribution in [3.8, 4) is 0 Å². The van der Waals surface area contributed by atoms with Crippen LogP contribution >= 0.6 is 15.6 Å². The van der Waals surface area contributed by atoms with Crippen LogP contribution < -0.4 is 0 Å². The molecule has 107 heavy (non-hydrogen) atoms. The lowest BCUT2D eigenvalue weighted by atomic mass is 10.00. The Morgan fingerprint density at radius 1 is 0.262 bits per heavy atom. The molecule has 0 aliphatic rings. The Balaban J connectivity index is 5.22. The molecule has 0 aromatic heterocycles. The van der Waals surface area contributed by atoms with Crippen molar-refractivity contribution in [2.45, 2.75) is 496 Å². The van der Waals surface area contributed by atoms with Crippen LogP contribution in [0.25, 0.3) is 0 Å². The highest BCUT2D eigenvalue weighted by atomic mass is 31.2. The maximum absolute atomic E-state index is 13.2. The summed E-state index contributed by atoms with van der Waals surface area (Å²) in [5.41, 5.74) is 0. The number of carbonyl (C=O) groups is 4. The number of unbranched alkanes of at least 4 members (excludes halogenated alkanes) is 59. The van der Waals surface area contributed by atoms with Crippen LogP contribution in [0, 0.1) is 5.92 Å². The quantitative estimate of drug-likeness (QED) is 0.0222. The molecule has 3 unspecified atom stereocenters. The molecule has 0 aromatic rings. The lowest BCUT2D eigenvalue weighted by Crippen LogP contribution is -2.30. The van der Waals surface area contributed by atoms with Gasteiger partial charge in [0.05, 0.1) is 26.4 Å². The first kappa shape index (κ1) is 105. The van der Waals surface area contributed by atoms with E-state index in [1.54, 1.807) is 0 Å². The molecule has 17 nitrogen and oxygen atoms in total. The molecule has 3 N–H and O–H groups in total. The molecule has 6 atom stereocenters. The van der Waals surface area contributed by atoms with Gasteiger partial charge in [-0.3, -0.25) is 37.3 Å². The summed E-state index contributed by atoms with van der Waals surface area (Å²) in [5.74, 6) is -1.37. The summed E-state index contributed by atoms with van der Waals surface area (Å²) in [6, 6.07) is 0. The van der Waals surface area contributed by atoms with Gasteiger partial charge in [-0.05, 0) is 31.6 Å². The van der Waals surface area contributed by atoms with Gasteiger partial charge in [-0.2, -0.15) is 0 Å². The predicted molar refractivity (Wildman–Crippen MR) is 442 cm³/mol. The molecule has 0 heterocycles. The number of hydrogen-bond donors (Lipinski definition) is 3. The van der Waals surface area contributed by atoms with Crippen LogP contribution in [0.1, 0.15) is 478 Å². The fraction of sp³-hybridized carbons (Fsp3) is 0.955. The molecule has 0 bridgehead atoms. The van der Waals surface area contributed by atoms with Gasteiger partial charge in [0.15, 0.2) is 12.2 Å². The topological polar surface area (TPSA) is 237 Å². The summed E-state index contributed by atoms with van der Waals surface area (Å²) in [6.07, 6.45) is 75.1. The Hall–Kier alpha value is -1.94. The van der Waals surface area contributed by atoms with E-state index in [9.17, 15) is 43.2 Å². The van der Waals surface area contributed by atoms with Crippen LogP contribution in [-0.4, -0.2) is 96.7 Å². The van der Waals surface area contributed by atoms with E-state index in [1.807, 2.05) is 0 Å². The van der Waals surface area contributed by atoms with Crippen LogP contribution in [0.5, 0.6) is 0 Å². The van der Waals surface area contributed by atoms with Gasteiger partial charge in [0, 0.05) is 25.7 Å². The molecule has 0 aliphatic carbocycles. The Labute approximate surface area is 658 Å². The number of phosphoric ester groups is 2. The van der Waals surface area contributed by atoms with Crippen molar-refractivity contribution >= 4 is 39.5 Å². The number of aliphatic hydroxyl groups excluding tert-OH is 1. The molecule has 19 heteroatoms. The smallest absolute Gasteiger partial charge is 0.462 e. The lowest BCUT2D eigenvalue weighted by molar-refractivity contribution is -0.161. The second-order valence-electron chi connectivity index (χ2n) is 31.9. The summed E-state index contributed by atoms with van der Waals surface area (Å²) in [7, 11) is -9.93. The highest BCUT2D eigenvalue weighted by Crippen LogP contribution is 2.45. The van der Waals surface area contributed by atoms with Crippen molar-refractivity contribution < 1.29 is 80.2 Å². The fourth-order valence-electron chi connectivity index (χ4n) is 13.8. The molecule has 636 valence electrons. The molecule has 0 saturated carbocycles. The number of ether oxygens (including phenoxy) is 4. The van der Waals surface area contributed by atoms with Gasteiger partial charge < -0.3 is 33.8 Å². The number of aliphatic hydroxyl groups is 1. The van der Waals surface area contributed by atoms with Gasteiger partial charge in [-0.1, -0.05) is 426 Å². The van der Waals surface area contributed by atoms with E-state index in [1.165, 1.54) is 295 Å². The highest BCUT2D eigenvalue weighted by molar-refractivity contribution is 7.47. The van der Waals surface area contributed by atoms with Crippen molar-refractivity contribution in [2.75, 3.05) is 39.6 Å². The third-order valence-electron chi connectivity index (χ3n) is 21.1. The van der Waals surface area contributed by atoms with Crippen molar-refractivity contribution in [1.82, 2.24) is 0 Å². The van der Waals surface area contributed by atoms with Crippen LogP contribution in [0.2, 0.25) is 0 Å². The second kappa shape index (κ2) is 80.7. The average Bonchev–Trinajstić information content (AvgIpc) is 0.903. The van der Waals surface area contributed by atoms with E-state index in [0.717, 1.165) is 102 Å². The van der Waals surface area contributed by atoms with E-state index in [-0.39, 0.29) is 25.7 Å². The average molecular weight is 1560 g/mol. The van der Waals surface area contributed by atoms with Gasteiger partial charge in [0.25, 0.3) is 0 Å². The summed E-state index contributed by atoms with van der Waals surface area (Å²) in [4.78, 5) is 73.3. The summed E-state index contributed by atoms with van der Waals surface area (Å²) in [5, 5.41) is 10.7. The summed E-state index contributed by atoms with van der Waals surface area (Å²) >= 11 is 0. The maximum Gasteiger partial charge on any atom is 0.472 e. The van der Waals surface area contributed by atoms with Gasteiger partial charge in [0.2, 0.25) is 0 Å². The van der Waals surface area contributed by atoms with Gasteiger partial charge in [0.1, 0.15) is 19.3 Å². The van der Waals surface area contributed by atoms with Crippen LogP contribution in [0.15, 0.2) is 0 Å². The summed E-state index contributed by atoms with van der Waals surface area (Å²) < 4.78 is 69.0. The van der Waals surface area contributed by atoms with E-state index < -0.39 is 97.5 Å². The number of rotatable bonds is 88. The normalized spacial score (nSPS) is 14.0. The van der Waals surface area contributed by atoms with Crippen molar-refractivity contribution in [2.24, 2.45) is 5.92 Å². The number of phosphoric acid groups is 2. The van der Waals surface area contributed by atoms with Crippen molar-refractivity contribution in [3.63, 3.8) is 0 Å². The number of esters is 4. The van der Waals surface area contributed by atoms with Crippen molar-refractivity contribution in [1.29, 1.82) is 0 Å². The first-order valence-electron chi connectivity index (χ1n) is 45.7. The Morgan fingerprint density at radius 3 is 0.664 bits per heavy atom. The van der Waals surface area contributed by atoms with Crippen LogP contribution in [0.4, 0.5) is 0 Å². The number of carbonyl (C=O) groups excluding carboxylic acids is 4. The minimum absolute atomic E-state index is 0.108. The van der Waals surface area contributed by atoms with E-state index in [0.29, 0.717) is 25.7 Å². The molecular weight excluding hydrogens is 1390 g/mol. The van der Waals surface area contributed by atoms with Crippen LogP contribution in [0.3, 0.4) is 0 Å². The molecule has 0 aromatic carbocycles. The van der Waals surface area contributed by atoms with E-state index in [4.69, 9.17) is 37.0 Å². The molecule has 0 amide bonds. The molecule has 0 aliphatic heterocycles.